The molecule has 1 aliphatic heterocycles. The average Bonchev–Trinajstić information content (AvgIpc) is 2.35. The van der Waals surface area contributed by atoms with Gasteiger partial charge in [-0.1, -0.05) is 0 Å². The van der Waals surface area contributed by atoms with Crippen LogP contribution in [0.5, 0.6) is 0 Å². The zero-order chi connectivity index (χ0) is 14.2. The smallest absolute Gasteiger partial charge is 0.243 e. The molecule has 1 aliphatic rings. The molecule has 1 heterocycles. The van der Waals surface area contributed by atoms with Gasteiger partial charge in [-0.25, -0.2) is 21.6 Å². The van der Waals surface area contributed by atoms with E-state index in [2.05, 4.69) is 15.9 Å². The molecule has 0 spiro atoms. The van der Waals surface area contributed by atoms with Gasteiger partial charge in [-0.15, -0.1) is 0 Å². The molecule has 0 bridgehead atoms. The van der Waals surface area contributed by atoms with Crippen LogP contribution in [0.2, 0.25) is 0 Å². The Bertz CT molecular complexity index is 563. The molecular formula is C11H11BrF3NO2S. The number of hydrogen-bond acceptors (Lipinski definition) is 2. The highest BCUT2D eigenvalue weighted by molar-refractivity contribution is 9.10. The second kappa shape index (κ2) is 5.41. The first-order valence-electron chi connectivity index (χ1n) is 5.61. The third-order valence-electron chi connectivity index (χ3n) is 2.98. The van der Waals surface area contributed by atoms with E-state index in [0.29, 0.717) is 0 Å². The lowest BCUT2D eigenvalue weighted by Gasteiger charge is -2.27. The number of alkyl halides is 1. The lowest BCUT2D eigenvalue weighted by atomic mass is 10.1. The summed E-state index contributed by atoms with van der Waals surface area (Å²) in [5, 5.41) is 0. The highest BCUT2D eigenvalue weighted by Gasteiger charge is 2.30. The summed E-state index contributed by atoms with van der Waals surface area (Å²) < 4.78 is 64.7. The summed E-state index contributed by atoms with van der Waals surface area (Å²) in [5.74, 6) is -1.97. The number of hydrogen-bond donors (Lipinski definition) is 0. The molecule has 1 saturated heterocycles. The molecular weight excluding hydrogens is 347 g/mol. The van der Waals surface area contributed by atoms with Crippen LogP contribution in [-0.2, 0) is 10.0 Å². The Hall–Kier alpha value is -0.600. The molecule has 0 aromatic heterocycles. The first-order chi connectivity index (χ1) is 8.82. The minimum Gasteiger partial charge on any atom is -0.247 e. The Balaban J connectivity index is 2.35. The first-order valence-corrected chi connectivity index (χ1v) is 7.84. The summed E-state index contributed by atoms with van der Waals surface area (Å²) in [4.78, 5) is -0.456. The summed E-state index contributed by atoms with van der Waals surface area (Å²) in [7, 11) is -3.98. The van der Waals surface area contributed by atoms with Crippen molar-refractivity contribution in [2.24, 2.45) is 0 Å². The van der Waals surface area contributed by atoms with E-state index in [-0.39, 0.29) is 25.9 Å². The number of benzene rings is 1. The molecule has 1 aromatic rings. The summed E-state index contributed by atoms with van der Waals surface area (Å²) >= 11 is 2.68. The molecule has 8 heteroatoms. The molecule has 2 rings (SSSR count). The van der Waals surface area contributed by atoms with Crippen LogP contribution in [0, 0.1) is 11.6 Å². The summed E-state index contributed by atoms with van der Waals surface area (Å²) in [6.45, 7) is 0.0333. The van der Waals surface area contributed by atoms with Crippen molar-refractivity contribution in [2.75, 3.05) is 13.1 Å². The highest BCUT2D eigenvalue weighted by Crippen LogP contribution is 2.27. The van der Waals surface area contributed by atoms with Crippen LogP contribution in [0.15, 0.2) is 21.5 Å². The molecule has 19 heavy (non-hydrogen) atoms. The molecule has 0 N–H and O–H groups in total. The molecule has 106 valence electrons. The van der Waals surface area contributed by atoms with Gasteiger partial charge in [-0.05, 0) is 40.9 Å². The Morgan fingerprint density at radius 3 is 2.11 bits per heavy atom. The van der Waals surface area contributed by atoms with Gasteiger partial charge in [0.25, 0.3) is 0 Å². The Labute approximate surface area is 117 Å². The van der Waals surface area contributed by atoms with Gasteiger partial charge >= 0.3 is 0 Å². The zero-order valence-corrected chi connectivity index (χ0v) is 12.1. The van der Waals surface area contributed by atoms with E-state index >= 15 is 0 Å². The minimum absolute atomic E-state index is 0.0167. The number of halogens is 4. The second-order valence-electron chi connectivity index (χ2n) is 4.28. The molecule has 0 atom stereocenters. The molecule has 1 fully saturated rings. The second-order valence-corrected chi connectivity index (χ2v) is 7.01. The Morgan fingerprint density at radius 2 is 1.63 bits per heavy atom. The number of sulfonamides is 1. The molecule has 0 saturated carbocycles. The predicted octanol–water partition coefficient (Wildman–Crippen LogP) is 2.85. The van der Waals surface area contributed by atoms with E-state index in [1.54, 1.807) is 0 Å². The van der Waals surface area contributed by atoms with Crippen LogP contribution < -0.4 is 0 Å². The van der Waals surface area contributed by atoms with E-state index in [9.17, 15) is 21.6 Å². The van der Waals surface area contributed by atoms with Crippen molar-refractivity contribution in [3.63, 3.8) is 0 Å². The van der Waals surface area contributed by atoms with Crippen LogP contribution in [-0.4, -0.2) is 32.0 Å². The fraction of sp³-hybridized carbons (Fsp3) is 0.455. The maximum Gasteiger partial charge on any atom is 0.243 e. The first kappa shape index (κ1) is 14.8. The van der Waals surface area contributed by atoms with Gasteiger partial charge in [0.05, 0.1) is 9.37 Å². The zero-order valence-electron chi connectivity index (χ0n) is 9.74. The maximum atomic E-state index is 13.4. The van der Waals surface area contributed by atoms with Crippen molar-refractivity contribution in [3.8, 4) is 0 Å². The molecule has 0 aliphatic carbocycles. The summed E-state index contributed by atoms with van der Waals surface area (Å²) in [6, 6.07) is 1.51. The van der Waals surface area contributed by atoms with Gasteiger partial charge in [0, 0.05) is 13.1 Å². The maximum absolute atomic E-state index is 13.4. The molecule has 3 nitrogen and oxygen atoms in total. The van der Waals surface area contributed by atoms with Crippen LogP contribution in [0.4, 0.5) is 13.2 Å². The van der Waals surface area contributed by atoms with E-state index in [4.69, 9.17) is 0 Å². The van der Waals surface area contributed by atoms with Crippen LogP contribution in [0.3, 0.4) is 0 Å². The van der Waals surface area contributed by atoms with Gasteiger partial charge in [-0.3, -0.25) is 0 Å². The Kier molecular flexibility index (Phi) is 4.22. The average molecular weight is 358 g/mol. The van der Waals surface area contributed by atoms with Crippen molar-refractivity contribution in [1.82, 2.24) is 4.31 Å². The number of nitrogens with zero attached hydrogens (tertiary/aromatic N) is 1. The highest BCUT2D eigenvalue weighted by atomic mass is 79.9. The lowest BCUT2D eigenvalue weighted by molar-refractivity contribution is 0.210. The van der Waals surface area contributed by atoms with Crippen molar-refractivity contribution in [1.29, 1.82) is 0 Å². The van der Waals surface area contributed by atoms with Crippen molar-refractivity contribution < 1.29 is 21.6 Å². The summed E-state index contributed by atoms with van der Waals surface area (Å²) in [6.07, 6.45) is -0.827. The lowest BCUT2D eigenvalue weighted by Crippen LogP contribution is -2.39. The van der Waals surface area contributed by atoms with Crippen molar-refractivity contribution in [2.45, 2.75) is 23.9 Å². The van der Waals surface area contributed by atoms with Crippen LogP contribution in [0.1, 0.15) is 12.8 Å². The standard InChI is InChI=1S/C11H11BrF3NO2S/c12-11-9(14)5-8(6-10(11)15)19(17,18)16-3-1-7(13)2-4-16/h5-7H,1-4H2. The molecule has 1 aromatic carbocycles. The van der Waals surface area contributed by atoms with Gasteiger partial charge in [0.1, 0.15) is 17.8 Å². The van der Waals surface area contributed by atoms with E-state index in [0.717, 1.165) is 16.4 Å². The van der Waals surface area contributed by atoms with Crippen molar-refractivity contribution in [3.05, 3.63) is 28.2 Å². The fourth-order valence-corrected chi connectivity index (χ4v) is 3.62. The monoisotopic (exact) mass is 357 g/mol. The van der Waals surface area contributed by atoms with E-state index in [1.807, 2.05) is 0 Å². The topological polar surface area (TPSA) is 37.4 Å². The normalized spacial score (nSPS) is 18.7. The molecule has 0 unspecified atom stereocenters. The van der Waals surface area contributed by atoms with E-state index < -0.39 is 37.2 Å². The Morgan fingerprint density at radius 1 is 1.16 bits per heavy atom. The third kappa shape index (κ3) is 2.95. The number of rotatable bonds is 2. The molecule has 0 radical (unpaired) electrons. The quantitative estimate of drug-likeness (QED) is 0.763. The summed E-state index contributed by atoms with van der Waals surface area (Å²) in [5.41, 5.74) is 0. The largest absolute Gasteiger partial charge is 0.247 e. The van der Waals surface area contributed by atoms with Crippen LogP contribution in [0.25, 0.3) is 0 Å². The minimum atomic E-state index is -3.98. The van der Waals surface area contributed by atoms with E-state index in [1.165, 1.54) is 0 Å². The van der Waals surface area contributed by atoms with Gasteiger partial charge in [0.2, 0.25) is 10.0 Å². The van der Waals surface area contributed by atoms with Gasteiger partial charge in [-0.2, -0.15) is 4.31 Å². The fourth-order valence-electron chi connectivity index (χ4n) is 1.89. The predicted molar refractivity (Wildman–Crippen MR) is 66.9 cm³/mol. The number of piperidine rings is 1. The van der Waals surface area contributed by atoms with Gasteiger partial charge < -0.3 is 0 Å². The van der Waals surface area contributed by atoms with Crippen LogP contribution >= 0.6 is 15.9 Å². The van der Waals surface area contributed by atoms with Gasteiger partial charge in [0.15, 0.2) is 0 Å². The molecule has 0 amide bonds. The SMILES string of the molecule is O=S(=O)(c1cc(F)c(Br)c(F)c1)N1CCC(F)CC1. The van der Waals surface area contributed by atoms with Crippen molar-refractivity contribution >= 4 is 26.0 Å². The third-order valence-corrected chi connectivity index (χ3v) is 5.61.